The second kappa shape index (κ2) is 5.27. The van der Waals surface area contributed by atoms with Crippen LogP contribution in [0.2, 0.25) is 0 Å². The molecule has 0 spiro atoms. The summed E-state index contributed by atoms with van der Waals surface area (Å²) >= 11 is 0. The van der Waals surface area contributed by atoms with Gasteiger partial charge in [-0.1, -0.05) is 0 Å². The molecule has 0 amide bonds. The third kappa shape index (κ3) is 2.62. The van der Waals surface area contributed by atoms with Gasteiger partial charge < -0.3 is 9.47 Å². The number of aryl methyl sites for hydroxylation is 1. The fraction of sp³-hybridized carbons (Fsp3) is 0.571. The average molecular weight is 259 g/mol. The fourth-order valence-electron chi connectivity index (χ4n) is 2.65. The van der Waals surface area contributed by atoms with Gasteiger partial charge in [-0.25, -0.2) is 9.97 Å². The maximum absolute atomic E-state index is 4.56. The monoisotopic (exact) mass is 259 g/mol. The Morgan fingerprint density at radius 1 is 1.16 bits per heavy atom. The zero-order chi connectivity index (χ0) is 13.2. The Morgan fingerprint density at radius 2 is 1.95 bits per heavy atom. The smallest absolute Gasteiger partial charge is 0.160 e. The summed E-state index contributed by atoms with van der Waals surface area (Å²) in [5, 5.41) is 0. The fourth-order valence-corrected chi connectivity index (χ4v) is 2.65. The van der Waals surface area contributed by atoms with E-state index in [-0.39, 0.29) is 0 Å². The number of hydrogen-bond donors (Lipinski definition) is 0. The van der Waals surface area contributed by atoms with Crippen molar-refractivity contribution in [2.45, 2.75) is 13.5 Å². The minimum atomic E-state index is 0.975. The van der Waals surface area contributed by atoms with E-state index in [1.54, 1.807) is 0 Å². The highest BCUT2D eigenvalue weighted by molar-refractivity contribution is 5.70. The Bertz CT molecular complexity index is 554. The number of likely N-dealkylation sites (N-methyl/N-ethyl adjacent to an activating group) is 1. The summed E-state index contributed by atoms with van der Waals surface area (Å²) in [6.45, 7) is 8.78. The molecular formula is C14H21N5. The molecule has 0 aromatic carbocycles. The van der Waals surface area contributed by atoms with Gasteiger partial charge in [0.15, 0.2) is 5.65 Å². The number of hydrogen-bond acceptors (Lipinski definition) is 4. The van der Waals surface area contributed by atoms with E-state index < -0.39 is 0 Å². The van der Waals surface area contributed by atoms with Crippen LogP contribution in [0.25, 0.3) is 11.2 Å². The van der Waals surface area contributed by atoms with Crippen LogP contribution >= 0.6 is 0 Å². The Morgan fingerprint density at radius 3 is 2.74 bits per heavy atom. The SMILES string of the molecule is Cc1nc2cccnc2n1CCN1CCN(C)CC1. The highest BCUT2D eigenvalue weighted by atomic mass is 15.3. The topological polar surface area (TPSA) is 37.2 Å². The van der Waals surface area contributed by atoms with E-state index in [4.69, 9.17) is 0 Å². The molecule has 5 nitrogen and oxygen atoms in total. The van der Waals surface area contributed by atoms with Crippen LogP contribution in [0.15, 0.2) is 18.3 Å². The molecule has 1 aliphatic heterocycles. The summed E-state index contributed by atoms with van der Waals surface area (Å²) in [7, 11) is 2.19. The molecule has 1 aliphatic rings. The van der Waals surface area contributed by atoms with Gasteiger partial charge in [-0.2, -0.15) is 0 Å². The number of piperazine rings is 1. The Hall–Kier alpha value is -1.46. The molecule has 0 saturated carbocycles. The number of pyridine rings is 1. The third-order valence-electron chi connectivity index (χ3n) is 3.93. The van der Waals surface area contributed by atoms with Crippen LogP contribution in [0, 0.1) is 6.92 Å². The van der Waals surface area contributed by atoms with Crippen molar-refractivity contribution in [1.82, 2.24) is 24.3 Å². The zero-order valence-electron chi connectivity index (χ0n) is 11.7. The van der Waals surface area contributed by atoms with Gasteiger partial charge in [0.1, 0.15) is 11.3 Å². The number of nitrogens with zero attached hydrogens (tertiary/aromatic N) is 5. The van der Waals surface area contributed by atoms with Crippen LogP contribution in [0.5, 0.6) is 0 Å². The molecule has 1 saturated heterocycles. The van der Waals surface area contributed by atoms with E-state index in [2.05, 4.69) is 38.3 Å². The summed E-state index contributed by atoms with van der Waals surface area (Å²) in [5.41, 5.74) is 2.01. The molecule has 2 aromatic heterocycles. The maximum Gasteiger partial charge on any atom is 0.160 e. The van der Waals surface area contributed by atoms with Crippen molar-refractivity contribution in [3.63, 3.8) is 0 Å². The van der Waals surface area contributed by atoms with E-state index in [1.807, 2.05) is 18.3 Å². The van der Waals surface area contributed by atoms with Crippen molar-refractivity contribution in [2.24, 2.45) is 0 Å². The first-order valence-corrected chi connectivity index (χ1v) is 6.93. The molecule has 0 atom stereocenters. The summed E-state index contributed by atoms with van der Waals surface area (Å²) in [4.78, 5) is 13.9. The second-order valence-corrected chi connectivity index (χ2v) is 5.30. The van der Waals surface area contributed by atoms with Gasteiger partial charge in [0.2, 0.25) is 0 Å². The second-order valence-electron chi connectivity index (χ2n) is 5.30. The lowest BCUT2D eigenvalue weighted by molar-refractivity contribution is 0.150. The first kappa shape index (κ1) is 12.6. The Kier molecular flexibility index (Phi) is 3.48. The number of fused-ring (bicyclic) bond motifs is 1. The van der Waals surface area contributed by atoms with E-state index in [0.717, 1.165) is 43.2 Å². The molecule has 0 unspecified atom stereocenters. The lowest BCUT2D eigenvalue weighted by Gasteiger charge is -2.32. The summed E-state index contributed by atoms with van der Waals surface area (Å²) in [6.07, 6.45) is 1.84. The van der Waals surface area contributed by atoms with Gasteiger partial charge in [0.25, 0.3) is 0 Å². The highest BCUT2D eigenvalue weighted by Crippen LogP contribution is 2.13. The van der Waals surface area contributed by atoms with Crippen LogP contribution in [0.3, 0.4) is 0 Å². The molecule has 0 N–H and O–H groups in total. The quantitative estimate of drug-likeness (QED) is 0.823. The van der Waals surface area contributed by atoms with Crippen molar-refractivity contribution in [2.75, 3.05) is 39.8 Å². The van der Waals surface area contributed by atoms with Crippen LogP contribution in [0.4, 0.5) is 0 Å². The van der Waals surface area contributed by atoms with Crippen molar-refractivity contribution in [3.8, 4) is 0 Å². The van der Waals surface area contributed by atoms with Crippen molar-refractivity contribution in [1.29, 1.82) is 0 Å². The first-order chi connectivity index (χ1) is 9.24. The molecule has 0 bridgehead atoms. The van der Waals surface area contributed by atoms with Gasteiger partial charge in [-0.3, -0.25) is 4.90 Å². The largest absolute Gasteiger partial charge is 0.312 e. The molecule has 19 heavy (non-hydrogen) atoms. The predicted molar refractivity (Wildman–Crippen MR) is 76.2 cm³/mol. The minimum absolute atomic E-state index is 0.975. The van der Waals surface area contributed by atoms with Gasteiger partial charge >= 0.3 is 0 Å². The van der Waals surface area contributed by atoms with E-state index in [1.165, 1.54) is 13.1 Å². The zero-order valence-corrected chi connectivity index (χ0v) is 11.7. The number of aromatic nitrogens is 3. The van der Waals surface area contributed by atoms with Crippen LogP contribution < -0.4 is 0 Å². The molecule has 1 fully saturated rings. The predicted octanol–water partition coefficient (Wildman–Crippen LogP) is 0.987. The summed E-state index contributed by atoms with van der Waals surface area (Å²) in [5.74, 6) is 1.06. The molecule has 3 rings (SSSR count). The van der Waals surface area contributed by atoms with Crippen LogP contribution in [-0.2, 0) is 6.54 Å². The molecular weight excluding hydrogens is 238 g/mol. The lowest BCUT2D eigenvalue weighted by Crippen LogP contribution is -2.45. The lowest BCUT2D eigenvalue weighted by atomic mass is 10.3. The first-order valence-electron chi connectivity index (χ1n) is 6.93. The van der Waals surface area contributed by atoms with Crippen molar-refractivity contribution < 1.29 is 0 Å². The molecule has 102 valence electrons. The molecule has 0 radical (unpaired) electrons. The number of imidazole rings is 1. The van der Waals surface area contributed by atoms with E-state index in [9.17, 15) is 0 Å². The van der Waals surface area contributed by atoms with E-state index in [0.29, 0.717) is 0 Å². The maximum atomic E-state index is 4.56. The summed E-state index contributed by atoms with van der Waals surface area (Å²) < 4.78 is 2.23. The third-order valence-corrected chi connectivity index (χ3v) is 3.93. The van der Waals surface area contributed by atoms with Gasteiger partial charge in [-0.05, 0) is 26.1 Å². The molecule has 0 aliphatic carbocycles. The van der Waals surface area contributed by atoms with Gasteiger partial charge in [-0.15, -0.1) is 0 Å². The van der Waals surface area contributed by atoms with Gasteiger partial charge in [0.05, 0.1) is 0 Å². The van der Waals surface area contributed by atoms with Crippen molar-refractivity contribution in [3.05, 3.63) is 24.2 Å². The Labute approximate surface area is 113 Å². The van der Waals surface area contributed by atoms with Gasteiger partial charge in [0, 0.05) is 45.5 Å². The van der Waals surface area contributed by atoms with Crippen LogP contribution in [-0.4, -0.2) is 64.1 Å². The normalized spacial score (nSPS) is 18.2. The standard InChI is InChI=1S/C14H21N5/c1-12-16-13-4-3-5-15-14(13)19(12)11-10-18-8-6-17(2)7-9-18/h3-5H,6-11H2,1-2H3. The number of rotatable bonds is 3. The van der Waals surface area contributed by atoms with Crippen molar-refractivity contribution >= 4 is 11.2 Å². The minimum Gasteiger partial charge on any atom is -0.312 e. The molecule has 5 heteroatoms. The summed E-state index contributed by atoms with van der Waals surface area (Å²) in [6, 6.07) is 3.97. The average Bonchev–Trinajstić information content (AvgIpc) is 2.74. The highest BCUT2D eigenvalue weighted by Gasteiger charge is 2.14. The molecule has 2 aromatic rings. The van der Waals surface area contributed by atoms with Crippen LogP contribution in [0.1, 0.15) is 5.82 Å². The Balaban J connectivity index is 1.70. The van der Waals surface area contributed by atoms with E-state index >= 15 is 0 Å². The molecule has 3 heterocycles.